The molecule has 4 heterocycles. The van der Waals surface area contributed by atoms with Crippen LogP contribution in [0.3, 0.4) is 0 Å². The van der Waals surface area contributed by atoms with E-state index in [9.17, 15) is 24.0 Å². The monoisotopic (exact) mass is 972 g/mol. The SMILES string of the molecule is N=C(N=C(N)C1(Nc2cccc(C(=O)NCc3cccc(OCCCCCCOCCOCCOCCC(=O)Nc4cccc5c4CN(C4CCC(=O)NC4=O)C5=O)c3)c2)CCNCC1)c1ccncc1. The third kappa shape index (κ3) is 15.0. The van der Waals surface area contributed by atoms with Gasteiger partial charge in [0, 0.05) is 72.1 Å². The summed E-state index contributed by atoms with van der Waals surface area (Å²) in [6, 6.07) is 22.9. The first kappa shape index (κ1) is 51.8. The van der Waals surface area contributed by atoms with Gasteiger partial charge in [0.1, 0.15) is 17.6 Å². The second kappa shape index (κ2) is 26.2. The maximum absolute atomic E-state index is 13.3. The van der Waals surface area contributed by atoms with Crippen LogP contribution in [0.5, 0.6) is 5.75 Å². The Kier molecular flexibility index (Phi) is 19.1. The number of hydrogen-bond donors (Lipinski definition) is 7. The van der Waals surface area contributed by atoms with E-state index in [0.717, 1.165) is 55.8 Å². The average Bonchev–Trinajstić information content (AvgIpc) is 3.72. The van der Waals surface area contributed by atoms with Gasteiger partial charge in [-0.3, -0.25) is 39.7 Å². The molecule has 8 N–H and O–H groups in total. The highest BCUT2D eigenvalue weighted by atomic mass is 16.5. The Morgan fingerprint density at radius 3 is 2.32 bits per heavy atom. The van der Waals surface area contributed by atoms with E-state index in [-0.39, 0.29) is 61.9 Å². The minimum atomic E-state index is -0.727. The van der Waals surface area contributed by atoms with Gasteiger partial charge in [-0.2, -0.15) is 0 Å². The van der Waals surface area contributed by atoms with E-state index in [4.69, 9.17) is 30.1 Å². The zero-order chi connectivity index (χ0) is 49.8. The molecule has 0 saturated carbocycles. The maximum atomic E-state index is 13.3. The van der Waals surface area contributed by atoms with Crippen molar-refractivity contribution in [2.75, 3.05) is 70.0 Å². The first-order valence-electron chi connectivity index (χ1n) is 24.3. The number of nitrogens with two attached hydrogens (primary N) is 1. The number of aromatic nitrogens is 1. The zero-order valence-corrected chi connectivity index (χ0v) is 40.0. The molecule has 0 radical (unpaired) electrons. The molecular weight excluding hydrogens is 909 g/mol. The summed E-state index contributed by atoms with van der Waals surface area (Å²) in [5.41, 5.74) is 10.3. The Morgan fingerprint density at radius 2 is 1.55 bits per heavy atom. The van der Waals surface area contributed by atoms with Crippen molar-refractivity contribution < 1.29 is 42.9 Å². The molecule has 5 amide bonds. The zero-order valence-electron chi connectivity index (χ0n) is 40.0. The molecule has 1 aromatic heterocycles. The van der Waals surface area contributed by atoms with Crippen LogP contribution in [0, 0.1) is 5.41 Å². The number of imide groups is 1. The molecule has 1 atom stereocenters. The number of aliphatic imine (C=N–C) groups is 1. The van der Waals surface area contributed by atoms with E-state index < -0.39 is 17.5 Å². The van der Waals surface area contributed by atoms with Gasteiger partial charge in [0.15, 0.2) is 5.84 Å². The van der Waals surface area contributed by atoms with Gasteiger partial charge in [0.05, 0.1) is 51.6 Å². The van der Waals surface area contributed by atoms with Crippen LogP contribution in [0.15, 0.2) is 96.2 Å². The van der Waals surface area contributed by atoms with Crippen molar-refractivity contribution in [1.29, 1.82) is 5.41 Å². The molecule has 71 heavy (non-hydrogen) atoms. The highest BCUT2D eigenvalue weighted by Crippen LogP contribution is 2.32. The Bertz CT molecular complexity index is 2520. The molecule has 3 aliphatic rings. The van der Waals surface area contributed by atoms with Crippen LogP contribution in [0.25, 0.3) is 0 Å². The van der Waals surface area contributed by atoms with Crippen LogP contribution < -0.4 is 37.1 Å². The van der Waals surface area contributed by atoms with Gasteiger partial charge < -0.3 is 50.8 Å². The van der Waals surface area contributed by atoms with Crippen LogP contribution in [0.4, 0.5) is 11.4 Å². The number of carbonyl (C=O) groups excluding carboxylic acids is 5. The Hall–Kier alpha value is -7.06. The minimum absolute atomic E-state index is 0.0627. The molecule has 4 aromatic rings. The van der Waals surface area contributed by atoms with Gasteiger partial charge in [-0.15, -0.1) is 0 Å². The summed E-state index contributed by atoms with van der Waals surface area (Å²) in [5.74, 6) is -0.462. The van der Waals surface area contributed by atoms with Crippen molar-refractivity contribution in [3.05, 3.63) is 119 Å². The summed E-state index contributed by atoms with van der Waals surface area (Å²) in [6.07, 6.45) is 8.96. The number of ether oxygens (including phenoxy) is 4. The van der Waals surface area contributed by atoms with Crippen LogP contribution in [0.2, 0.25) is 0 Å². The van der Waals surface area contributed by atoms with E-state index >= 15 is 0 Å². The van der Waals surface area contributed by atoms with E-state index in [1.54, 1.807) is 48.8 Å². The normalized spacial score (nSPS) is 16.5. The second-order valence-corrected chi connectivity index (χ2v) is 17.6. The quantitative estimate of drug-likeness (QED) is 0.0195. The maximum Gasteiger partial charge on any atom is 0.255 e. The molecule has 0 spiro atoms. The Labute approximate surface area is 413 Å². The molecule has 7 rings (SSSR count). The van der Waals surface area contributed by atoms with Crippen molar-refractivity contribution in [2.24, 2.45) is 10.7 Å². The van der Waals surface area contributed by atoms with Gasteiger partial charge in [-0.05, 0) is 112 Å². The summed E-state index contributed by atoms with van der Waals surface area (Å²) in [7, 11) is 0. The number of amidine groups is 2. The molecule has 0 bridgehead atoms. The number of hydrogen-bond acceptors (Lipinski definition) is 13. The highest BCUT2D eigenvalue weighted by molar-refractivity contribution is 6.08. The first-order chi connectivity index (χ1) is 34.6. The minimum Gasteiger partial charge on any atom is -0.494 e. The average molecular weight is 973 g/mol. The van der Waals surface area contributed by atoms with E-state index in [1.807, 2.05) is 42.5 Å². The number of rotatable bonds is 26. The summed E-state index contributed by atoms with van der Waals surface area (Å²) in [4.78, 5) is 72.9. The number of amides is 5. The molecule has 2 saturated heterocycles. The van der Waals surface area contributed by atoms with Gasteiger partial charge >= 0.3 is 0 Å². The lowest BCUT2D eigenvalue weighted by Crippen LogP contribution is -2.56. The summed E-state index contributed by atoms with van der Waals surface area (Å²) in [6.45, 7) is 5.00. The third-order valence-electron chi connectivity index (χ3n) is 12.5. The van der Waals surface area contributed by atoms with Gasteiger partial charge in [0.2, 0.25) is 17.7 Å². The molecule has 3 aliphatic heterocycles. The number of piperidine rings is 2. The smallest absolute Gasteiger partial charge is 0.255 e. The van der Waals surface area contributed by atoms with Crippen molar-refractivity contribution in [3.63, 3.8) is 0 Å². The van der Waals surface area contributed by atoms with Crippen LogP contribution in [-0.2, 0) is 41.7 Å². The standard InChI is InChI=1S/C52H64N10O9/c53-47(37-16-21-55-22-17-37)60-51(54)52(19-23-56-24-20-52)61-39-10-6-9-38(33-39)48(65)57-34-36-8-5-11-40(32-36)71-26-4-2-1-3-25-68-28-30-70-31-29-69-27-18-46(64)58-43-13-7-12-41-42(43)35-62(50(41)67)44-14-15-45(63)59-49(44)66/h5-13,16-17,21-22,32-33,44,56,61H,1-4,14-15,18-20,23-31,34-35H2,(H,57,65)(H,58,64)(H3,53,54,60)(H,59,63,66). The lowest BCUT2D eigenvalue weighted by atomic mass is 9.86. The summed E-state index contributed by atoms with van der Waals surface area (Å²) >= 11 is 0. The fraction of sp³-hybridized carbons (Fsp3) is 0.423. The van der Waals surface area contributed by atoms with Gasteiger partial charge in [0.25, 0.3) is 11.8 Å². The number of unbranched alkanes of at least 4 members (excludes halogenated alkanes) is 3. The predicted octanol–water partition coefficient (Wildman–Crippen LogP) is 4.71. The molecule has 19 heteroatoms. The first-order valence-corrected chi connectivity index (χ1v) is 24.3. The van der Waals surface area contributed by atoms with Gasteiger partial charge in [-0.1, -0.05) is 30.7 Å². The largest absolute Gasteiger partial charge is 0.494 e. The number of pyridine rings is 1. The van der Waals surface area contributed by atoms with E-state index in [1.165, 1.54) is 4.90 Å². The van der Waals surface area contributed by atoms with Crippen molar-refractivity contribution >= 4 is 52.6 Å². The molecular formula is C52H64N10O9. The molecule has 2 fully saturated rings. The molecule has 19 nitrogen and oxygen atoms in total. The van der Waals surface area contributed by atoms with Crippen LogP contribution >= 0.6 is 0 Å². The number of fused-ring (bicyclic) bond motifs is 1. The number of nitrogens with one attached hydrogen (secondary N) is 6. The fourth-order valence-electron chi connectivity index (χ4n) is 8.62. The van der Waals surface area contributed by atoms with Crippen molar-refractivity contribution in [2.45, 2.75) is 82.5 Å². The van der Waals surface area contributed by atoms with Crippen molar-refractivity contribution in [1.82, 2.24) is 25.8 Å². The predicted molar refractivity (Wildman–Crippen MR) is 267 cm³/mol. The van der Waals surface area contributed by atoms with Crippen molar-refractivity contribution in [3.8, 4) is 5.75 Å². The summed E-state index contributed by atoms with van der Waals surface area (Å²) < 4.78 is 22.9. The molecule has 1 unspecified atom stereocenters. The number of nitrogens with zero attached hydrogens (tertiary/aromatic N) is 3. The molecule has 3 aromatic carbocycles. The fourth-order valence-corrected chi connectivity index (χ4v) is 8.62. The van der Waals surface area contributed by atoms with Gasteiger partial charge in [-0.25, -0.2) is 4.99 Å². The Morgan fingerprint density at radius 1 is 0.831 bits per heavy atom. The third-order valence-corrected chi connectivity index (χ3v) is 12.5. The molecule has 0 aliphatic carbocycles. The van der Waals surface area contributed by atoms with E-state index in [2.05, 4.69) is 36.6 Å². The lowest BCUT2D eigenvalue weighted by Gasteiger charge is -2.38. The van der Waals surface area contributed by atoms with Crippen LogP contribution in [-0.4, -0.2) is 122 Å². The lowest BCUT2D eigenvalue weighted by molar-refractivity contribution is -0.137. The number of anilines is 2. The Balaban J connectivity index is 0.699. The summed E-state index contributed by atoms with van der Waals surface area (Å²) in [5, 5.41) is 23.6. The number of benzene rings is 3. The number of carbonyl (C=O) groups is 5. The second-order valence-electron chi connectivity index (χ2n) is 17.6. The van der Waals surface area contributed by atoms with Crippen LogP contribution in [0.1, 0.15) is 95.2 Å². The highest BCUT2D eigenvalue weighted by Gasteiger charge is 2.40. The molecule has 376 valence electrons. The van der Waals surface area contributed by atoms with E-state index in [0.29, 0.717) is 92.8 Å². The topological polar surface area (TPSA) is 261 Å².